The summed E-state index contributed by atoms with van der Waals surface area (Å²) in [6, 6.07) is 7.74. The number of anilines is 1. The van der Waals surface area contributed by atoms with Crippen molar-refractivity contribution in [3.05, 3.63) is 29.8 Å². The first-order valence-electron chi connectivity index (χ1n) is 6.72. The third-order valence-corrected chi connectivity index (χ3v) is 3.66. The van der Waals surface area contributed by atoms with E-state index in [1.165, 1.54) is 25.9 Å². The van der Waals surface area contributed by atoms with E-state index >= 15 is 0 Å². The van der Waals surface area contributed by atoms with Crippen molar-refractivity contribution in [3.8, 4) is 0 Å². The summed E-state index contributed by atoms with van der Waals surface area (Å²) < 4.78 is 0. The molecule has 1 heterocycles. The lowest BCUT2D eigenvalue weighted by atomic mass is 10.2. The van der Waals surface area contributed by atoms with Gasteiger partial charge in [0.1, 0.15) is 0 Å². The van der Waals surface area contributed by atoms with Gasteiger partial charge in [0.15, 0.2) is 5.84 Å². The van der Waals surface area contributed by atoms with E-state index in [2.05, 4.69) is 22.0 Å². The summed E-state index contributed by atoms with van der Waals surface area (Å²) in [7, 11) is 2.09. The first kappa shape index (κ1) is 13.7. The Hall–Kier alpha value is -1.75. The van der Waals surface area contributed by atoms with Crippen LogP contribution in [0.5, 0.6) is 0 Å². The van der Waals surface area contributed by atoms with E-state index in [9.17, 15) is 0 Å². The summed E-state index contributed by atoms with van der Waals surface area (Å²) in [5.74, 6) is 0.145. The number of benzene rings is 1. The van der Waals surface area contributed by atoms with Crippen molar-refractivity contribution in [3.63, 3.8) is 0 Å². The average Bonchev–Trinajstić information content (AvgIpc) is 2.97. The van der Waals surface area contributed by atoms with Crippen molar-refractivity contribution >= 4 is 11.5 Å². The van der Waals surface area contributed by atoms with Gasteiger partial charge in [0.05, 0.1) is 0 Å². The Labute approximate surface area is 114 Å². The van der Waals surface area contributed by atoms with Gasteiger partial charge in [-0.15, -0.1) is 0 Å². The lowest BCUT2D eigenvalue weighted by molar-refractivity contribution is 0.318. The summed E-state index contributed by atoms with van der Waals surface area (Å²) in [5.41, 5.74) is 7.42. The van der Waals surface area contributed by atoms with E-state index in [0.717, 1.165) is 24.3 Å². The summed E-state index contributed by atoms with van der Waals surface area (Å²) in [5, 5.41) is 11.6. The molecular weight excluding hydrogens is 240 g/mol. The molecule has 0 saturated carbocycles. The molecule has 0 unspecified atom stereocenters. The van der Waals surface area contributed by atoms with Gasteiger partial charge in [-0.05, 0) is 50.2 Å². The van der Waals surface area contributed by atoms with Gasteiger partial charge in [-0.2, -0.15) is 0 Å². The van der Waals surface area contributed by atoms with Crippen molar-refractivity contribution in [2.45, 2.75) is 12.8 Å². The van der Waals surface area contributed by atoms with Gasteiger partial charge >= 0.3 is 0 Å². The molecule has 0 aromatic heterocycles. The average molecular weight is 262 g/mol. The van der Waals surface area contributed by atoms with Gasteiger partial charge in [-0.3, -0.25) is 0 Å². The summed E-state index contributed by atoms with van der Waals surface area (Å²) in [6.07, 6.45) is 2.66. The summed E-state index contributed by atoms with van der Waals surface area (Å²) in [4.78, 5) is 4.73. The van der Waals surface area contributed by atoms with Crippen LogP contribution in [-0.2, 0) is 0 Å². The molecule has 0 bridgehead atoms. The Balaban J connectivity index is 1.89. The molecule has 0 radical (unpaired) electrons. The third-order valence-electron chi connectivity index (χ3n) is 3.66. The van der Waals surface area contributed by atoms with Crippen molar-refractivity contribution in [1.29, 1.82) is 0 Å². The Bertz CT molecular complexity index is 424. The molecule has 0 spiro atoms. The molecule has 5 nitrogen and oxygen atoms in total. The maximum atomic E-state index is 8.62. The van der Waals surface area contributed by atoms with Crippen molar-refractivity contribution in [2.24, 2.45) is 10.9 Å². The van der Waals surface area contributed by atoms with Gasteiger partial charge in [0.25, 0.3) is 0 Å². The van der Waals surface area contributed by atoms with Gasteiger partial charge in [-0.1, -0.05) is 5.16 Å². The van der Waals surface area contributed by atoms with E-state index in [-0.39, 0.29) is 5.84 Å². The normalized spacial score (nSPS) is 16.8. The number of amidine groups is 1. The molecule has 1 saturated heterocycles. The highest BCUT2D eigenvalue weighted by atomic mass is 16.4. The minimum Gasteiger partial charge on any atom is -0.409 e. The molecule has 2 rings (SSSR count). The molecule has 104 valence electrons. The van der Waals surface area contributed by atoms with Crippen LogP contribution >= 0.6 is 0 Å². The van der Waals surface area contributed by atoms with Gasteiger partial charge in [0.2, 0.25) is 0 Å². The Kier molecular flexibility index (Phi) is 4.63. The third kappa shape index (κ3) is 3.61. The first-order chi connectivity index (χ1) is 9.20. The molecular formula is C14H22N4O. The predicted octanol–water partition coefficient (Wildman–Crippen LogP) is 1.31. The zero-order valence-corrected chi connectivity index (χ0v) is 11.4. The second-order valence-electron chi connectivity index (χ2n) is 5.00. The smallest absolute Gasteiger partial charge is 0.170 e. The predicted molar refractivity (Wildman–Crippen MR) is 77.9 cm³/mol. The number of hydrogen-bond acceptors (Lipinski definition) is 4. The summed E-state index contributed by atoms with van der Waals surface area (Å²) in [6.45, 7) is 4.59. The maximum Gasteiger partial charge on any atom is 0.170 e. The highest BCUT2D eigenvalue weighted by Gasteiger charge is 2.12. The molecule has 0 amide bonds. The Morgan fingerprint density at radius 3 is 2.53 bits per heavy atom. The zero-order chi connectivity index (χ0) is 13.7. The van der Waals surface area contributed by atoms with Crippen LogP contribution in [0, 0.1) is 0 Å². The highest BCUT2D eigenvalue weighted by Crippen LogP contribution is 2.14. The fourth-order valence-corrected chi connectivity index (χ4v) is 2.37. The number of rotatable bonds is 5. The highest BCUT2D eigenvalue weighted by molar-refractivity contribution is 5.97. The number of nitrogens with two attached hydrogens (primary N) is 1. The van der Waals surface area contributed by atoms with Crippen molar-refractivity contribution in [1.82, 2.24) is 4.90 Å². The molecule has 19 heavy (non-hydrogen) atoms. The van der Waals surface area contributed by atoms with E-state index < -0.39 is 0 Å². The van der Waals surface area contributed by atoms with E-state index in [1.807, 2.05) is 24.3 Å². The van der Waals surface area contributed by atoms with Gasteiger partial charge in [0, 0.05) is 31.4 Å². The lowest BCUT2D eigenvalue weighted by Crippen LogP contribution is -2.31. The van der Waals surface area contributed by atoms with E-state index in [4.69, 9.17) is 10.9 Å². The molecule has 1 aliphatic heterocycles. The van der Waals surface area contributed by atoms with E-state index in [1.54, 1.807) is 0 Å². The van der Waals surface area contributed by atoms with Crippen LogP contribution in [0.25, 0.3) is 0 Å². The molecule has 1 aliphatic rings. The van der Waals surface area contributed by atoms with Crippen LogP contribution in [0.3, 0.4) is 0 Å². The molecule has 1 aromatic rings. The van der Waals surface area contributed by atoms with Crippen LogP contribution in [-0.4, -0.2) is 49.2 Å². The van der Waals surface area contributed by atoms with Crippen LogP contribution in [0.15, 0.2) is 29.4 Å². The number of likely N-dealkylation sites (tertiary alicyclic amines) is 1. The van der Waals surface area contributed by atoms with Crippen LogP contribution in [0.2, 0.25) is 0 Å². The standard InChI is InChI=1S/C14H22N4O/c1-17(10-11-18-8-2-3-9-18)13-6-4-12(5-7-13)14(15)16-19/h4-7,19H,2-3,8-11H2,1H3,(H2,15,16). The molecule has 3 N–H and O–H groups in total. The molecule has 1 aromatic carbocycles. The largest absolute Gasteiger partial charge is 0.409 e. The number of likely N-dealkylation sites (N-methyl/N-ethyl adjacent to an activating group) is 1. The quantitative estimate of drug-likeness (QED) is 0.363. The molecule has 1 fully saturated rings. The van der Waals surface area contributed by atoms with Crippen molar-refractivity contribution < 1.29 is 5.21 Å². The molecule has 5 heteroatoms. The zero-order valence-electron chi connectivity index (χ0n) is 11.4. The monoisotopic (exact) mass is 262 g/mol. The van der Waals surface area contributed by atoms with Crippen LogP contribution < -0.4 is 10.6 Å². The SMILES string of the molecule is CN(CCN1CCCC1)c1ccc(C(N)=NO)cc1. The van der Waals surface area contributed by atoms with E-state index in [0.29, 0.717) is 0 Å². The number of nitrogens with zero attached hydrogens (tertiary/aromatic N) is 3. The second kappa shape index (κ2) is 6.43. The number of hydrogen-bond donors (Lipinski definition) is 2. The fourth-order valence-electron chi connectivity index (χ4n) is 2.37. The van der Waals surface area contributed by atoms with Crippen LogP contribution in [0.1, 0.15) is 18.4 Å². The maximum absolute atomic E-state index is 8.62. The summed E-state index contributed by atoms with van der Waals surface area (Å²) >= 11 is 0. The molecule has 0 atom stereocenters. The Morgan fingerprint density at radius 1 is 1.32 bits per heavy atom. The fraction of sp³-hybridized carbons (Fsp3) is 0.500. The number of oxime groups is 1. The van der Waals surface area contributed by atoms with Crippen molar-refractivity contribution in [2.75, 3.05) is 38.1 Å². The van der Waals surface area contributed by atoms with Gasteiger partial charge < -0.3 is 20.7 Å². The minimum atomic E-state index is 0.145. The topological polar surface area (TPSA) is 65.1 Å². The van der Waals surface area contributed by atoms with Gasteiger partial charge in [-0.25, -0.2) is 0 Å². The second-order valence-corrected chi connectivity index (χ2v) is 5.00. The Morgan fingerprint density at radius 2 is 1.95 bits per heavy atom. The van der Waals surface area contributed by atoms with Crippen LogP contribution in [0.4, 0.5) is 5.69 Å². The minimum absolute atomic E-state index is 0.145. The first-order valence-corrected chi connectivity index (χ1v) is 6.72. The lowest BCUT2D eigenvalue weighted by Gasteiger charge is -2.23. The molecule has 0 aliphatic carbocycles.